The highest BCUT2D eigenvalue weighted by atomic mass is 16.4. The summed E-state index contributed by atoms with van der Waals surface area (Å²) in [6.45, 7) is 7.79. The summed E-state index contributed by atoms with van der Waals surface area (Å²) < 4.78 is 0. The lowest BCUT2D eigenvalue weighted by molar-refractivity contribution is -0.119. The lowest BCUT2D eigenvalue weighted by atomic mass is 9.82. The number of hydrogen-bond donors (Lipinski definition) is 5. The predicted octanol–water partition coefficient (Wildman–Crippen LogP) is 6.15. The number of rotatable bonds is 10. The average molecular weight is 583 g/mol. The lowest BCUT2D eigenvalue weighted by Crippen LogP contribution is -2.47. The maximum absolute atomic E-state index is 13.5. The number of hydrogen-bond acceptors (Lipinski definition) is 4. The fraction of sp³-hybridized carbons (Fsp3) is 0.294. The molecule has 0 bridgehead atoms. The van der Waals surface area contributed by atoms with E-state index in [1.54, 1.807) is 42.5 Å². The lowest BCUT2D eigenvalue weighted by Gasteiger charge is -2.32. The van der Waals surface area contributed by atoms with Crippen LogP contribution in [0.5, 0.6) is 0 Å². The number of fused-ring (bicyclic) bond motifs is 1. The SMILES string of the molecule is CCC(C)C(NC(=O)O)C(=O)Nc1ccccc1-c1ccccc1NC(=O)C=C1c2ccccc2C(=O)NC1C(C)CC. The van der Waals surface area contributed by atoms with E-state index < -0.39 is 18.0 Å². The molecule has 4 amide bonds. The van der Waals surface area contributed by atoms with E-state index in [4.69, 9.17) is 0 Å². The third-order valence-electron chi connectivity index (χ3n) is 8.04. The van der Waals surface area contributed by atoms with Crippen molar-refractivity contribution in [2.24, 2.45) is 11.8 Å². The van der Waals surface area contributed by atoms with Crippen LogP contribution in [0.3, 0.4) is 0 Å². The Morgan fingerprint density at radius 2 is 1.35 bits per heavy atom. The molecule has 1 heterocycles. The molecule has 4 unspecified atom stereocenters. The summed E-state index contributed by atoms with van der Waals surface area (Å²) >= 11 is 0. The van der Waals surface area contributed by atoms with Gasteiger partial charge in [-0.25, -0.2) is 4.79 Å². The molecule has 0 spiro atoms. The van der Waals surface area contributed by atoms with Gasteiger partial charge in [0.2, 0.25) is 11.8 Å². The molecule has 9 nitrogen and oxygen atoms in total. The number of amides is 4. The van der Waals surface area contributed by atoms with Crippen molar-refractivity contribution in [1.82, 2.24) is 10.6 Å². The predicted molar refractivity (Wildman–Crippen MR) is 169 cm³/mol. The topological polar surface area (TPSA) is 137 Å². The number of nitrogens with one attached hydrogen (secondary N) is 4. The van der Waals surface area contributed by atoms with Gasteiger partial charge in [-0.3, -0.25) is 14.4 Å². The second-order valence-electron chi connectivity index (χ2n) is 10.9. The van der Waals surface area contributed by atoms with Crippen LogP contribution in [-0.2, 0) is 9.59 Å². The van der Waals surface area contributed by atoms with E-state index in [9.17, 15) is 24.3 Å². The minimum Gasteiger partial charge on any atom is -0.465 e. The van der Waals surface area contributed by atoms with Gasteiger partial charge in [-0.2, -0.15) is 0 Å². The molecule has 9 heteroatoms. The average Bonchev–Trinajstić information content (AvgIpc) is 3.01. The molecule has 0 radical (unpaired) electrons. The van der Waals surface area contributed by atoms with Crippen molar-refractivity contribution in [2.45, 2.75) is 52.6 Å². The van der Waals surface area contributed by atoms with Crippen molar-refractivity contribution in [3.63, 3.8) is 0 Å². The first-order valence-electron chi connectivity index (χ1n) is 14.6. The minimum atomic E-state index is -1.27. The fourth-order valence-corrected chi connectivity index (χ4v) is 5.26. The van der Waals surface area contributed by atoms with Crippen LogP contribution in [0.15, 0.2) is 78.9 Å². The monoisotopic (exact) mass is 582 g/mol. The minimum absolute atomic E-state index is 0.106. The summed E-state index contributed by atoms with van der Waals surface area (Å²) in [5.74, 6) is -1.10. The van der Waals surface area contributed by atoms with Crippen molar-refractivity contribution in [1.29, 1.82) is 0 Å². The number of carbonyl (C=O) groups excluding carboxylic acids is 3. The van der Waals surface area contributed by atoms with Gasteiger partial charge in [-0.05, 0) is 41.2 Å². The molecule has 0 saturated heterocycles. The molecule has 0 aliphatic carbocycles. The molecule has 0 aromatic heterocycles. The van der Waals surface area contributed by atoms with Crippen LogP contribution in [-0.4, -0.2) is 41.0 Å². The standard InChI is InChI=1S/C34H38N4O5/c1-5-20(3)30-26(22-13-7-8-16-25(22)32(40)37-30)19-29(39)35-27-17-11-9-14-23(27)24-15-10-12-18-28(24)36-33(41)31(21(4)6-2)38-34(42)43/h7-21,30-31,38H,5-6H2,1-4H3,(H,35,39)(H,36,41)(H,37,40)(H,42,43). The molecule has 0 saturated carbocycles. The molecular weight excluding hydrogens is 544 g/mol. The van der Waals surface area contributed by atoms with Gasteiger partial charge in [0, 0.05) is 34.1 Å². The number of carboxylic acid groups (broad SMARTS) is 1. The van der Waals surface area contributed by atoms with Crippen molar-refractivity contribution in [3.8, 4) is 11.1 Å². The van der Waals surface area contributed by atoms with Crippen LogP contribution in [0, 0.1) is 11.8 Å². The zero-order valence-electron chi connectivity index (χ0n) is 24.8. The number of anilines is 2. The first kappa shape index (κ1) is 31.0. The van der Waals surface area contributed by atoms with E-state index in [-0.39, 0.29) is 29.7 Å². The van der Waals surface area contributed by atoms with Crippen molar-refractivity contribution in [3.05, 3.63) is 90.0 Å². The molecule has 224 valence electrons. The third kappa shape index (κ3) is 7.12. The van der Waals surface area contributed by atoms with Crippen LogP contribution in [0.1, 0.15) is 56.5 Å². The molecule has 1 aliphatic rings. The van der Waals surface area contributed by atoms with Crippen LogP contribution >= 0.6 is 0 Å². The van der Waals surface area contributed by atoms with E-state index in [0.717, 1.165) is 17.6 Å². The number of benzene rings is 3. The van der Waals surface area contributed by atoms with Crippen LogP contribution in [0.4, 0.5) is 16.2 Å². The summed E-state index contributed by atoms with van der Waals surface area (Å²) in [5, 5.41) is 20.6. The summed E-state index contributed by atoms with van der Waals surface area (Å²) in [4.78, 5) is 50.9. The van der Waals surface area contributed by atoms with Crippen LogP contribution < -0.4 is 21.3 Å². The van der Waals surface area contributed by atoms with Crippen molar-refractivity contribution in [2.75, 3.05) is 10.6 Å². The van der Waals surface area contributed by atoms with Crippen LogP contribution in [0.2, 0.25) is 0 Å². The quantitative estimate of drug-likeness (QED) is 0.183. The Kier molecular flexibility index (Phi) is 9.98. The van der Waals surface area contributed by atoms with Gasteiger partial charge in [0.15, 0.2) is 0 Å². The normalized spacial score (nSPS) is 17.2. The van der Waals surface area contributed by atoms with E-state index in [1.807, 2.05) is 64.1 Å². The van der Waals surface area contributed by atoms with Gasteiger partial charge >= 0.3 is 6.09 Å². The van der Waals surface area contributed by atoms with E-state index >= 15 is 0 Å². The summed E-state index contributed by atoms with van der Waals surface area (Å²) in [7, 11) is 0. The smallest absolute Gasteiger partial charge is 0.405 e. The Balaban J connectivity index is 1.66. The first-order valence-corrected chi connectivity index (χ1v) is 14.6. The Morgan fingerprint density at radius 1 is 0.814 bits per heavy atom. The maximum atomic E-state index is 13.5. The molecule has 3 aromatic rings. The second kappa shape index (κ2) is 13.8. The second-order valence-corrected chi connectivity index (χ2v) is 10.9. The molecule has 0 fully saturated rings. The third-order valence-corrected chi connectivity index (χ3v) is 8.04. The van der Waals surface area contributed by atoms with E-state index in [0.29, 0.717) is 34.5 Å². The van der Waals surface area contributed by atoms with Gasteiger partial charge in [-0.1, -0.05) is 95.1 Å². The van der Waals surface area contributed by atoms with Crippen molar-refractivity contribution < 1.29 is 24.3 Å². The first-order chi connectivity index (χ1) is 20.6. The Hall–Kier alpha value is -4.92. The molecule has 4 atom stereocenters. The highest BCUT2D eigenvalue weighted by Gasteiger charge is 2.32. The number of para-hydroxylation sites is 2. The summed E-state index contributed by atoms with van der Waals surface area (Å²) in [6.07, 6.45) is 1.70. The summed E-state index contributed by atoms with van der Waals surface area (Å²) in [5.41, 5.74) is 4.35. The number of carbonyl (C=O) groups is 4. The van der Waals surface area contributed by atoms with Crippen LogP contribution in [0.25, 0.3) is 16.7 Å². The fourth-order valence-electron chi connectivity index (χ4n) is 5.26. The van der Waals surface area contributed by atoms with E-state index in [2.05, 4.69) is 21.3 Å². The molecule has 1 aliphatic heterocycles. The molecule has 5 N–H and O–H groups in total. The zero-order valence-corrected chi connectivity index (χ0v) is 24.8. The highest BCUT2D eigenvalue weighted by Crippen LogP contribution is 2.35. The molecule has 43 heavy (non-hydrogen) atoms. The van der Waals surface area contributed by atoms with Gasteiger partial charge in [0.1, 0.15) is 6.04 Å². The van der Waals surface area contributed by atoms with Gasteiger partial charge in [-0.15, -0.1) is 0 Å². The van der Waals surface area contributed by atoms with Gasteiger partial charge in [0.25, 0.3) is 5.91 Å². The highest BCUT2D eigenvalue weighted by molar-refractivity contribution is 6.11. The van der Waals surface area contributed by atoms with E-state index in [1.165, 1.54) is 0 Å². The molecular formula is C34H38N4O5. The van der Waals surface area contributed by atoms with Gasteiger partial charge in [0.05, 0.1) is 6.04 Å². The molecule has 3 aromatic carbocycles. The largest absolute Gasteiger partial charge is 0.465 e. The molecule has 4 rings (SSSR count). The zero-order chi connectivity index (χ0) is 31.1. The Morgan fingerprint density at radius 3 is 1.91 bits per heavy atom. The summed E-state index contributed by atoms with van der Waals surface area (Å²) in [6, 6.07) is 20.4. The Bertz CT molecular complexity index is 1550. The van der Waals surface area contributed by atoms with Gasteiger partial charge < -0.3 is 26.4 Å². The Labute approximate surface area is 251 Å². The maximum Gasteiger partial charge on any atom is 0.405 e. The van der Waals surface area contributed by atoms with Crippen molar-refractivity contribution >= 4 is 40.8 Å².